The Bertz CT molecular complexity index is 1090. The van der Waals surface area contributed by atoms with E-state index in [2.05, 4.69) is 84.1 Å². The first-order valence-electron chi connectivity index (χ1n) is 10.4. The Balaban J connectivity index is 1.39. The van der Waals surface area contributed by atoms with Gasteiger partial charge in [0.25, 0.3) is 0 Å². The average molecular weight is 414 g/mol. The van der Waals surface area contributed by atoms with E-state index in [1.807, 2.05) is 18.3 Å². The highest BCUT2D eigenvalue weighted by atomic mass is 32.1. The van der Waals surface area contributed by atoms with E-state index in [1.165, 1.54) is 16.7 Å². The summed E-state index contributed by atoms with van der Waals surface area (Å²) in [6, 6.07) is 23.4. The molecule has 0 aliphatic rings. The molecule has 4 heteroatoms. The highest BCUT2D eigenvalue weighted by Crippen LogP contribution is 2.29. The van der Waals surface area contributed by atoms with E-state index >= 15 is 0 Å². The topological polar surface area (TPSA) is 37.8 Å². The van der Waals surface area contributed by atoms with Gasteiger partial charge < -0.3 is 5.32 Å². The Morgan fingerprint density at radius 3 is 2.63 bits per heavy atom. The number of thiazole rings is 1. The Labute approximate surface area is 182 Å². The Kier molecular flexibility index (Phi) is 6.55. The van der Waals surface area contributed by atoms with Crippen molar-refractivity contribution in [3.05, 3.63) is 101 Å². The van der Waals surface area contributed by atoms with Crippen molar-refractivity contribution < 1.29 is 0 Å². The molecule has 2 aromatic heterocycles. The van der Waals surface area contributed by atoms with Crippen molar-refractivity contribution >= 4 is 17.2 Å². The van der Waals surface area contributed by atoms with Gasteiger partial charge in [-0.15, -0.1) is 11.3 Å². The van der Waals surface area contributed by atoms with Gasteiger partial charge in [-0.2, -0.15) is 0 Å². The van der Waals surface area contributed by atoms with E-state index in [9.17, 15) is 0 Å². The van der Waals surface area contributed by atoms with Gasteiger partial charge in [-0.25, -0.2) is 9.97 Å². The van der Waals surface area contributed by atoms with Gasteiger partial charge in [-0.3, -0.25) is 0 Å². The van der Waals surface area contributed by atoms with E-state index in [-0.39, 0.29) is 0 Å². The number of hydrogen-bond donors (Lipinski definition) is 1. The fourth-order valence-corrected chi connectivity index (χ4v) is 4.52. The van der Waals surface area contributed by atoms with E-state index in [0.717, 1.165) is 41.5 Å². The molecule has 30 heavy (non-hydrogen) atoms. The first kappa shape index (κ1) is 20.3. The van der Waals surface area contributed by atoms with Crippen LogP contribution < -0.4 is 5.32 Å². The molecule has 1 atom stereocenters. The molecule has 4 rings (SSSR count). The van der Waals surface area contributed by atoms with Gasteiger partial charge in [0.05, 0.1) is 5.69 Å². The fourth-order valence-electron chi connectivity index (χ4n) is 3.58. The van der Waals surface area contributed by atoms with Gasteiger partial charge in [0, 0.05) is 29.6 Å². The van der Waals surface area contributed by atoms with Crippen LogP contribution in [0.3, 0.4) is 0 Å². The lowest BCUT2D eigenvalue weighted by atomic mass is 9.98. The number of nitrogens with one attached hydrogen (secondary N) is 1. The number of benzene rings is 2. The Morgan fingerprint density at radius 1 is 0.967 bits per heavy atom. The van der Waals surface area contributed by atoms with E-state index in [1.54, 1.807) is 11.3 Å². The summed E-state index contributed by atoms with van der Waals surface area (Å²) in [5.41, 5.74) is 6.28. The predicted molar refractivity (Wildman–Crippen MR) is 127 cm³/mol. The van der Waals surface area contributed by atoms with Crippen molar-refractivity contribution in [2.45, 2.75) is 32.6 Å². The zero-order valence-electron chi connectivity index (χ0n) is 17.5. The molecule has 2 heterocycles. The highest BCUT2D eigenvalue weighted by Gasteiger charge is 2.13. The van der Waals surface area contributed by atoms with Crippen LogP contribution in [0.15, 0.2) is 78.3 Å². The van der Waals surface area contributed by atoms with Crippen molar-refractivity contribution in [2.75, 3.05) is 11.9 Å². The van der Waals surface area contributed by atoms with Gasteiger partial charge in [0.1, 0.15) is 10.8 Å². The molecule has 0 spiro atoms. The lowest BCUT2D eigenvalue weighted by Gasteiger charge is -2.09. The molecular weight excluding hydrogens is 386 g/mol. The van der Waals surface area contributed by atoms with Crippen molar-refractivity contribution in [2.24, 2.45) is 0 Å². The SMILES string of the molecule is Cc1cccc(CC(C)c2csc(-c3ccnc(NCCc4ccccc4)c3)n2)c1. The van der Waals surface area contributed by atoms with Crippen LogP contribution >= 0.6 is 11.3 Å². The number of hydrogen-bond acceptors (Lipinski definition) is 4. The number of anilines is 1. The molecule has 0 bridgehead atoms. The number of nitrogens with zero attached hydrogens (tertiary/aromatic N) is 2. The molecule has 0 radical (unpaired) electrons. The summed E-state index contributed by atoms with van der Waals surface area (Å²) in [6.45, 7) is 5.26. The summed E-state index contributed by atoms with van der Waals surface area (Å²) in [5, 5.41) is 6.68. The van der Waals surface area contributed by atoms with Gasteiger partial charge in [-0.05, 0) is 43.0 Å². The maximum atomic E-state index is 4.93. The monoisotopic (exact) mass is 413 g/mol. The quantitative estimate of drug-likeness (QED) is 0.357. The maximum absolute atomic E-state index is 4.93. The summed E-state index contributed by atoms with van der Waals surface area (Å²) in [7, 11) is 0. The summed E-state index contributed by atoms with van der Waals surface area (Å²) in [4.78, 5) is 9.40. The van der Waals surface area contributed by atoms with Gasteiger partial charge in [0.2, 0.25) is 0 Å². The number of pyridine rings is 1. The minimum absolute atomic E-state index is 0.391. The van der Waals surface area contributed by atoms with Gasteiger partial charge in [-0.1, -0.05) is 67.1 Å². The molecule has 1 N–H and O–H groups in total. The maximum Gasteiger partial charge on any atom is 0.126 e. The minimum Gasteiger partial charge on any atom is -0.370 e. The van der Waals surface area contributed by atoms with Crippen LogP contribution in [-0.2, 0) is 12.8 Å². The van der Waals surface area contributed by atoms with Crippen LogP contribution in [-0.4, -0.2) is 16.5 Å². The van der Waals surface area contributed by atoms with Crippen molar-refractivity contribution in [1.29, 1.82) is 0 Å². The van der Waals surface area contributed by atoms with Crippen molar-refractivity contribution in [3.8, 4) is 10.6 Å². The molecule has 0 saturated heterocycles. The first-order chi connectivity index (χ1) is 14.7. The van der Waals surface area contributed by atoms with Crippen molar-refractivity contribution in [1.82, 2.24) is 9.97 Å². The largest absolute Gasteiger partial charge is 0.370 e. The molecule has 0 amide bonds. The molecule has 0 aliphatic carbocycles. The van der Waals surface area contributed by atoms with Crippen LogP contribution in [0.4, 0.5) is 5.82 Å². The Morgan fingerprint density at radius 2 is 1.80 bits per heavy atom. The molecule has 3 nitrogen and oxygen atoms in total. The molecular formula is C26H27N3S. The number of rotatable bonds is 8. The number of aromatic nitrogens is 2. The predicted octanol–water partition coefficient (Wildman–Crippen LogP) is 6.51. The van der Waals surface area contributed by atoms with Crippen LogP contribution in [0.5, 0.6) is 0 Å². The standard InChI is InChI=1S/C26H27N3S/c1-19-7-6-10-22(15-19)16-20(2)24-18-30-26(29-24)23-12-14-28-25(17-23)27-13-11-21-8-4-3-5-9-21/h3-10,12,14-15,17-18,20H,11,13,16H2,1-2H3,(H,27,28). The molecule has 1 unspecified atom stereocenters. The lowest BCUT2D eigenvalue weighted by Crippen LogP contribution is -2.06. The second-order valence-electron chi connectivity index (χ2n) is 7.76. The molecule has 0 saturated carbocycles. The normalized spacial score (nSPS) is 11.9. The average Bonchev–Trinajstić information content (AvgIpc) is 3.25. The third-order valence-corrected chi connectivity index (χ3v) is 6.13. The minimum atomic E-state index is 0.391. The van der Waals surface area contributed by atoms with Crippen molar-refractivity contribution in [3.63, 3.8) is 0 Å². The molecule has 4 aromatic rings. The summed E-state index contributed by atoms with van der Waals surface area (Å²) < 4.78 is 0. The smallest absolute Gasteiger partial charge is 0.126 e. The van der Waals surface area contributed by atoms with Gasteiger partial charge >= 0.3 is 0 Å². The summed E-state index contributed by atoms with van der Waals surface area (Å²) >= 11 is 1.71. The highest BCUT2D eigenvalue weighted by molar-refractivity contribution is 7.13. The second-order valence-corrected chi connectivity index (χ2v) is 8.62. The summed E-state index contributed by atoms with van der Waals surface area (Å²) in [6.07, 6.45) is 3.84. The summed E-state index contributed by atoms with van der Waals surface area (Å²) in [5.74, 6) is 1.29. The van der Waals surface area contributed by atoms with E-state index < -0.39 is 0 Å². The number of aryl methyl sites for hydroxylation is 1. The molecule has 0 fully saturated rings. The zero-order chi connectivity index (χ0) is 20.8. The van der Waals surface area contributed by atoms with E-state index in [4.69, 9.17) is 4.98 Å². The molecule has 2 aromatic carbocycles. The van der Waals surface area contributed by atoms with Crippen LogP contribution in [0, 0.1) is 6.92 Å². The lowest BCUT2D eigenvalue weighted by molar-refractivity contribution is 0.737. The van der Waals surface area contributed by atoms with Crippen LogP contribution in [0.25, 0.3) is 10.6 Å². The third-order valence-electron chi connectivity index (χ3n) is 5.22. The Hall–Kier alpha value is -2.98. The van der Waals surface area contributed by atoms with E-state index in [0.29, 0.717) is 5.92 Å². The van der Waals surface area contributed by atoms with Crippen LogP contribution in [0.1, 0.15) is 35.2 Å². The fraction of sp³-hybridized carbons (Fsp3) is 0.231. The first-order valence-corrected chi connectivity index (χ1v) is 11.3. The molecule has 152 valence electrons. The zero-order valence-corrected chi connectivity index (χ0v) is 18.3. The second kappa shape index (κ2) is 9.68. The van der Waals surface area contributed by atoms with Crippen LogP contribution in [0.2, 0.25) is 0 Å². The third kappa shape index (κ3) is 5.33. The molecule has 0 aliphatic heterocycles. The van der Waals surface area contributed by atoms with Gasteiger partial charge in [0.15, 0.2) is 0 Å².